The molecular formula is C14H18N6O. The highest BCUT2D eigenvalue weighted by molar-refractivity contribution is 5.92. The van der Waals surface area contributed by atoms with Crippen molar-refractivity contribution in [3.05, 3.63) is 35.4 Å². The summed E-state index contributed by atoms with van der Waals surface area (Å²) in [6.07, 6.45) is 4.16. The Morgan fingerprint density at radius 1 is 1.48 bits per heavy atom. The van der Waals surface area contributed by atoms with Gasteiger partial charge in [0, 0.05) is 31.6 Å². The van der Waals surface area contributed by atoms with Crippen molar-refractivity contribution in [2.24, 2.45) is 0 Å². The summed E-state index contributed by atoms with van der Waals surface area (Å²) in [5.41, 5.74) is 0.410. The van der Waals surface area contributed by atoms with Crippen LogP contribution in [0.15, 0.2) is 12.3 Å². The average Bonchev–Trinajstić information content (AvgIpc) is 2.89. The monoisotopic (exact) mass is 286 g/mol. The van der Waals surface area contributed by atoms with Crippen molar-refractivity contribution in [2.75, 3.05) is 0 Å². The van der Waals surface area contributed by atoms with Gasteiger partial charge in [-0.2, -0.15) is 0 Å². The summed E-state index contributed by atoms with van der Waals surface area (Å²) in [5.74, 6) is 2.43. The summed E-state index contributed by atoms with van der Waals surface area (Å²) >= 11 is 0. The van der Waals surface area contributed by atoms with E-state index in [1.165, 1.54) is 0 Å². The Balaban J connectivity index is 1.71. The van der Waals surface area contributed by atoms with E-state index in [2.05, 4.69) is 37.0 Å². The summed E-state index contributed by atoms with van der Waals surface area (Å²) in [4.78, 5) is 20.4. The Morgan fingerprint density at radius 2 is 2.33 bits per heavy atom. The van der Waals surface area contributed by atoms with Crippen LogP contribution in [0.2, 0.25) is 0 Å². The molecule has 0 saturated heterocycles. The van der Waals surface area contributed by atoms with Crippen molar-refractivity contribution in [1.82, 2.24) is 30.0 Å². The van der Waals surface area contributed by atoms with E-state index in [-0.39, 0.29) is 11.9 Å². The predicted octanol–water partition coefficient (Wildman–Crippen LogP) is 0.684. The first-order valence-electron chi connectivity index (χ1n) is 7.19. The van der Waals surface area contributed by atoms with E-state index in [9.17, 15) is 4.79 Å². The molecule has 1 atom stereocenters. The maximum Gasteiger partial charge on any atom is 0.270 e. The van der Waals surface area contributed by atoms with Crippen molar-refractivity contribution >= 4 is 5.91 Å². The number of aryl methyl sites for hydroxylation is 3. The largest absolute Gasteiger partial charge is 0.346 e. The molecule has 0 radical (unpaired) electrons. The molecule has 7 nitrogen and oxygen atoms in total. The van der Waals surface area contributed by atoms with Gasteiger partial charge < -0.3 is 9.88 Å². The van der Waals surface area contributed by atoms with E-state index < -0.39 is 0 Å². The Bertz CT molecular complexity index is 652. The second-order valence-electron chi connectivity index (χ2n) is 5.19. The van der Waals surface area contributed by atoms with E-state index in [4.69, 9.17) is 0 Å². The molecule has 0 aromatic carbocycles. The number of carbonyl (C=O) groups is 1. The highest BCUT2D eigenvalue weighted by Crippen LogP contribution is 2.15. The Hall–Kier alpha value is -2.31. The van der Waals surface area contributed by atoms with Gasteiger partial charge in [-0.1, -0.05) is 6.92 Å². The predicted molar refractivity (Wildman–Crippen MR) is 75.7 cm³/mol. The van der Waals surface area contributed by atoms with Crippen molar-refractivity contribution in [3.63, 3.8) is 0 Å². The highest BCUT2D eigenvalue weighted by Gasteiger charge is 2.24. The van der Waals surface area contributed by atoms with Gasteiger partial charge in [-0.25, -0.2) is 9.97 Å². The lowest BCUT2D eigenvalue weighted by Crippen LogP contribution is -2.41. The lowest BCUT2D eigenvalue weighted by molar-refractivity contribution is 0.0921. The van der Waals surface area contributed by atoms with Gasteiger partial charge >= 0.3 is 0 Å². The first-order chi connectivity index (χ1) is 10.2. The number of nitrogens with zero attached hydrogens (tertiary/aromatic N) is 5. The zero-order chi connectivity index (χ0) is 14.8. The fraction of sp³-hybridized carbons (Fsp3) is 0.500. The lowest BCUT2D eigenvalue weighted by Gasteiger charge is -2.25. The van der Waals surface area contributed by atoms with Crippen LogP contribution in [0.1, 0.15) is 41.3 Å². The van der Waals surface area contributed by atoms with Gasteiger partial charge in [0.2, 0.25) is 0 Å². The standard InChI is InChI=1S/C14H18N6O/c1-3-12-18-19-13-5-4-10(8-20(12)13)17-14(21)11-6-7-15-9(2)16-11/h6-7,10H,3-5,8H2,1-2H3,(H,17,21)/t10-/m0/s1. The fourth-order valence-electron chi connectivity index (χ4n) is 2.60. The molecule has 0 aliphatic carbocycles. The number of carbonyl (C=O) groups excluding carboxylic acids is 1. The lowest BCUT2D eigenvalue weighted by atomic mass is 10.1. The summed E-state index contributed by atoms with van der Waals surface area (Å²) < 4.78 is 2.11. The second kappa shape index (κ2) is 5.59. The zero-order valence-corrected chi connectivity index (χ0v) is 12.2. The molecule has 110 valence electrons. The third kappa shape index (κ3) is 2.76. The van der Waals surface area contributed by atoms with Gasteiger partial charge in [0.1, 0.15) is 23.2 Å². The Morgan fingerprint density at radius 3 is 3.10 bits per heavy atom. The van der Waals surface area contributed by atoms with Gasteiger partial charge in [-0.05, 0) is 19.4 Å². The fourth-order valence-corrected chi connectivity index (χ4v) is 2.60. The average molecular weight is 286 g/mol. The van der Waals surface area contributed by atoms with Crippen molar-refractivity contribution in [2.45, 2.75) is 45.7 Å². The molecule has 0 spiro atoms. The topological polar surface area (TPSA) is 85.6 Å². The molecule has 0 saturated carbocycles. The van der Waals surface area contributed by atoms with Gasteiger partial charge in [-0.15, -0.1) is 10.2 Å². The molecule has 0 fully saturated rings. The number of hydrogen-bond acceptors (Lipinski definition) is 5. The van der Waals surface area contributed by atoms with Crippen molar-refractivity contribution in [1.29, 1.82) is 0 Å². The van der Waals surface area contributed by atoms with Crippen molar-refractivity contribution < 1.29 is 4.79 Å². The number of hydrogen-bond donors (Lipinski definition) is 1. The molecule has 7 heteroatoms. The van der Waals surface area contributed by atoms with Crippen LogP contribution in [0.4, 0.5) is 0 Å². The van der Waals surface area contributed by atoms with Gasteiger partial charge in [0.05, 0.1) is 0 Å². The first kappa shape index (κ1) is 13.7. The quantitative estimate of drug-likeness (QED) is 0.897. The van der Waals surface area contributed by atoms with Crippen molar-refractivity contribution in [3.8, 4) is 0 Å². The minimum atomic E-state index is -0.153. The third-order valence-corrected chi connectivity index (χ3v) is 3.68. The number of aromatic nitrogens is 5. The van der Waals surface area contributed by atoms with Crippen LogP contribution in [0, 0.1) is 6.92 Å². The molecule has 0 unspecified atom stereocenters. The first-order valence-corrected chi connectivity index (χ1v) is 7.19. The van der Waals surface area contributed by atoms with Crippen LogP contribution < -0.4 is 5.32 Å². The molecule has 1 N–H and O–H groups in total. The summed E-state index contributed by atoms with van der Waals surface area (Å²) in [7, 11) is 0. The molecule has 2 aromatic rings. The molecular weight excluding hydrogens is 268 g/mol. The van der Waals surface area contributed by atoms with E-state index in [1.807, 2.05) is 0 Å². The molecule has 3 heterocycles. The molecule has 0 bridgehead atoms. The van der Waals surface area contributed by atoms with E-state index in [0.29, 0.717) is 11.5 Å². The van der Waals surface area contributed by atoms with Crippen LogP contribution in [-0.2, 0) is 19.4 Å². The number of amides is 1. The van der Waals surface area contributed by atoms with E-state index >= 15 is 0 Å². The SMILES string of the molecule is CCc1nnc2n1C[C@@H](NC(=O)c1ccnc(C)n1)CC2. The van der Waals surface area contributed by atoms with Crippen LogP contribution in [0.3, 0.4) is 0 Å². The molecule has 3 rings (SSSR count). The molecule has 1 amide bonds. The van der Waals surface area contributed by atoms with Gasteiger partial charge in [0.15, 0.2) is 0 Å². The molecule has 1 aliphatic heterocycles. The number of rotatable bonds is 3. The maximum atomic E-state index is 12.2. The minimum absolute atomic E-state index is 0.0848. The maximum absolute atomic E-state index is 12.2. The summed E-state index contributed by atoms with van der Waals surface area (Å²) in [5, 5.41) is 11.4. The molecule has 21 heavy (non-hydrogen) atoms. The Kier molecular flexibility index (Phi) is 3.64. The van der Waals surface area contributed by atoms with Crippen LogP contribution in [0.25, 0.3) is 0 Å². The Labute approximate surface area is 122 Å². The normalized spacial score (nSPS) is 17.3. The molecule has 2 aromatic heterocycles. The zero-order valence-electron chi connectivity index (χ0n) is 12.2. The number of fused-ring (bicyclic) bond motifs is 1. The molecule has 1 aliphatic rings. The smallest absolute Gasteiger partial charge is 0.270 e. The van der Waals surface area contributed by atoms with E-state index in [0.717, 1.165) is 37.5 Å². The summed E-state index contributed by atoms with van der Waals surface area (Å²) in [6.45, 7) is 4.55. The van der Waals surface area contributed by atoms with Crippen LogP contribution in [0.5, 0.6) is 0 Å². The second-order valence-corrected chi connectivity index (χ2v) is 5.19. The van der Waals surface area contributed by atoms with E-state index in [1.54, 1.807) is 19.2 Å². The van der Waals surface area contributed by atoms with Gasteiger partial charge in [-0.3, -0.25) is 4.79 Å². The van der Waals surface area contributed by atoms with Gasteiger partial charge in [0.25, 0.3) is 5.91 Å². The third-order valence-electron chi connectivity index (χ3n) is 3.68. The highest BCUT2D eigenvalue weighted by atomic mass is 16.1. The minimum Gasteiger partial charge on any atom is -0.346 e. The van der Waals surface area contributed by atoms with Crippen LogP contribution >= 0.6 is 0 Å². The summed E-state index contributed by atoms with van der Waals surface area (Å²) in [6, 6.07) is 1.72. The number of nitrogens with one attached hydrogen (secondary N) is 1. The van der Waals surface area contributed by atoms with Crippen LogP contribution in [-0.4, -0.2) is 36.7 Å².